The summed E-state index contributed by atoms with van der Waals surface area (Å²) in [6.45, 7) is 1.29. The zero-order valence-corrected chi connectivity index (χ0v) is 21.0. The van der Waals surface area contributed by atoms with Crippen molar-refractivity contribution >= 4 is 22.7 Å². The second kappa shape index (κ2) is 9.17. The van der Waals surface area contributed by atoms with Crippen LogP contribution in [-0.4, -0.2) is 65.1 Å². The molecule has 1 unspecified atom stereocenters. The lowest BCUT2D eigenvalue weighted by Crippen LogP contribution is -2.56. The summed E-state index contributed by atoms with van der Waals surface area (Å²) < 4.78 is 20.1. The molecule has 1 saturated carbocycles. The lowest BCUT2D eigenvalue weighted by atomic mass is 9.68. The highest BCUT2D eigenvalue weighted by Gasteiger charge is 2.49. The number of aliphatic hydroxyl groups is 1. The Morgan fingerprint density at radius 3 is 2.57 bits per heavy atom. The predicted octanol–water partition coefficient (Wildman–Crippen LogP) is 4.17. The van der Waals surface area contributed by atoms with E-state index in [-0.39, 0.29) is 24.0 Å². The Morgan fingerprint density at radius 2 is 1.92 bits per heavy atom. The number of fused-ring (bicyclic) bond motifs is 4. The number of amides is 2. The van der Waals surface area contributed by atoms with E-state index in [1.54, 1.807) is 24.1 Å². The molecule has 7 nitrogen and oxygen atoms in total. The Kier molecular flexibility index (Phi) is 5.94. The van der Waals surface area contributed by atoms with Gasteiger partial charge in [0.2, 0.25) is 5.91 Å². The maximum absolute atomic E-state index is 14.7. The minimum Gasteiger partial charge on any atom is -0.497 e. The summed E-state index contributed by atoms with van der Waals surface area (Å²) in [7, 11) is 1.62. The standard InChI is InChI=1S/C29H32FN3O4/c1-37-19-9-10-21-23(15-19)31-26-24(16-34)33(28(36)20-7-2-3-8-22(20)30)17-29(25(21)26)11-13-32(14-12-29)27(35)18-5-4-6-18/h2-3,7-10,15,18,24,31,34H,4-6,11-14,16-17H2,1H3. The highest BCUT2D eigenvalue weighted by molar-refractivity contribution is 5.96. The largest absolute Gasteiger partial charge is 0.497 e. The minimum absolute atomic E-state index is 0.00470. The highest BCUT2D eigenvalue weighted by atomic mass is 19.1. The minimum atomic E-state index is -0.638. The SMILES string of the molecule is COc1ccc2c3c([nH]c2c1)C(CO)N(C(=O)c1ccccc1F)CC31CCN(C(=O)C2CCC2)CC1. The molecule has 1 atom stereocenters. The number of hydrogen-bond acceptors (Lipinski definition) is 4. The number of aliphatic hydroxyl groups excluding tert-OH is 1. The number of carbonyl (C=O) groups is 2. The molecule has 3 heterocycles. The molecule has 6 rings (SSSR count). The van der Waals surface area contributed by atoms with Gasteiger partial charge in [-0.25, -0.2) is 4.39 Å². The quantitative estimate of drug-likeness (QED) is 0.558. The van der Waals surface area contributed by atoms with E-state index >= 15 is 0 Å². The van der Waals surface area contributed by atoms with Gasteiger partial charge >= 0.3 is 0 Å². The first-order valence-electron chi connectivity index (χ1n) is 13.1. The van der Waals surface area contributed by atoms with Crippen LogP contribution < -0.4 is 4.74 Å². The van der Waals surface area contributed by atoms with Crippen LogP contribution in [0.4, 0.5) is 4.39 Å². The number of aromatic nitrogens is 1. The van der Waals surface area contributed by atoms with E-state index in [1.807, 2.05) is 23.1 Å². The molecule has 1 spiro atoms. The van der Waals surface area contributed by atoms with Crippen LogP contribution in [-0.2, 0) is 10.2 Å². The summed E-state index contributed by atoms with van der Waals surface area (Å²) in [5.41, 5.74) is 2.31. The molecule has 2 aromatic carbocycles. The van der Waals surface area contributed by atoms with Gasteiger partial charge in [-0.2, -0.15) is 0 Å². The Balaban J connectivity index is 1.43. The van der Waals surface area contributed by atoms with Gasteiger partial charge in [-0.1, -0.05) is 18.6 Å². The van der Waals surface area contributed by atoms with Crippen LogP contribution in [0.3, 0.4) is 0 Å². The van der Waals surface area contributed by atoms with Crippen LogP contribution in [0.5, 0.6) is 5.75 Å². The average molecular weight is 506 g/mol. The number of nitrogens with zero attached hydrogens (tertiary/aromatic N) is 2. The van der Waals surface area contributed by atoms with Gasteiger partial charge in [0.15, 0.2) is 0 Å². The number of likely N-dealkylation sites (tertiary alicyclic amines) is 1. The normalized spacial score (nSPS) is 21.1. The van der Waals surface area contributed by atoms with Gasteiger partial charge in [0.1, 0.15) is 11.6 Å². The fourth-order valence-corrected chi connectivity index (χ4v) is 6.49. The molecular weight excluding hydrogens is 473 g/mol. The number of piperidine rings is 1. The number of rotatable bonds is 4. The zero-order valence-electron chi connectivity index (χ0n) is 21.0. The second-order valence-corrected chi connectivity index (χ2v) is 10.7. The maximum atomic E-state index is 14.7. The number of halogens is 1. The number of H-pyrrole nitrogens is 1. The summed E-state index contributed by atoms with van der Waals surface area (Å²) in [6.07, 6.45) is 4.44. The van der Waals surface area contributed by atoms with E-state index in [2.05, 4.69) is 4.98 Å². The Labute approximate surface area is 215 Å². The first-order valence-corrected chi connectivity index (χ1v) is 13.1. The van der Waals surface area contributed by atoms with Crippen molar-refractivity contribution in [1.29, 1.82) is 0 Å². The lowest BCUT2D eigenvalue weighted by Gasteiger charge is -2.50. The third-order valence-electron chi connectivity index (χ3n) is 8.77. The first kappa shape index (κ1) is 24.0. The lowest BCUT2D eigenvalue weighted by molar-refractivity contribution is -0.140. The van der Waals surface area contributed by atoms with Gasteiger partial charge in [0.05, 0.1) is 25.3 Å². The molecule has 3 aromatic rings. The van der Waals surface area contributed by atoms with Crippen LogP contribution >= 0.6 is 0 Å². The number of carbonyl (C=O) groups excluding carboxylic acids is 2. The second-order valence-electron chi connectivity index (χ2n) is 10.7. The number of benzene rings is 2. The van der Waals surface area contributed by atoms with Gasteiger partial charge in [-0.3, -0.25) is 9.59 Å². The Morgan fingerprint density at radius 1 is 1.16 bits per heavy atom. The van der Waals surface area contributed by atoms with Gasteiger partial charge < -0.3 is 24.6 Å². The predicted molar refractivity (Wildman–Crippen MR) is 137 cm³/mol. The molecule has 8 heteroatoms. The molecule has 2 amide bonds. The van der Waals surface area contributed by atoms with Crippen molar-refractivity contribution in [3.05, 3.63) is 65.1 Å². The summed E-state index contributed by atoms with van der Waals surface area (Å²) in [4.78, 5) is 33.8. The summed E-state index contributed by atoms with van der Waals surface area (Å²) in [6, 6.07) is 11.2. The summed E-state index contributed by atoms with van der Waals surface area (Å²) in [5.74, 6) is 0.0846. The summed E-state index contributed by atoms with van der Waals surface area (Å²) in [5, 5.41) is 11.5. The van der Waals surface area contributed by atoms with Crippen molar-refractivity contribution in [1.82, 2.24) is 14.8 Å². The third kappa shape index (κ3) is 3.81. The molecule has 3 aliphatic rings. The molecule has 1 saturated heterocycles. The number of methoxy groups -OCH3 is 1. The topological polar surface area (TPSA) is 85.9 Å². The van der Waals surface area contributed by atoms with Crippen molar-refractivity contribution in [2.75, 3.05) is 33.4 Å². The van der Waals surface area contributed by atoms with Crippen LogP contribution in [0.2, 0.25) is 0 Å². The van der Waals surface area contributed by atoms with Crippen molar-refractivity contribution in [2.24, 2.45) is 5.92 Å². The van der Waals surface area contributed by atoms with Crippen LogP contribution in [0.1, 0.15) is 59.8 Å². The van der Waals surface area contributed by atoms with Gasteiger partial charge in [0.25, 0.3) is 5.91 Å². The Bertz CT molecular complexity index is 1360. The third-order valence-corrected chi connectivity index (χ3v) is 8.77. The molecule has 2 fully saturated rings. The molecule has 2 aliphatic heterocycles. The van der Waals surface area contributed by atoms with E-state index in [0.29, 0.717) is 38.2 Å². The molecule has 194 valence electrons. The Hall–Kier alpha value is -3.39. The van der Waals surface area contributed by atoms with Crippen LogP contribution in [0.15, 0.2) is 42.5 Å². The van der Waals surface area contributed by atoms with Gasteiger partial charge in [0, 0.05) is 53.6 Å². The number of ether oxygens (including phenoxy) is 1. The van der Waals surface area contributed by atoms with Crippen molar-refractivity contribution in [3.8, 4) is 5.75 Å². The number of hydrogen-bond donors (Lipinski definition) is 2. The zero-order chi connectivity index (χ0) is 25.7. The maximum Gasteiger partial charge on any atom is 0.257 e. The van der Waals surface area contributed by atoms with E-state index in [0.717, 1.165) is 41.4 Å². The molecule has 1 aromatic heterocycles. The van der Waals surface area contributed by atoms with Crippen molar-refractivity contribution in [3.63, 3.8) is 0 Å². The van der Waals surface area contributed by atoms with E-state index in [1.165, 1.54) is 12.1 Å². The average Bonchev–Trinajstić information content (AvgIpc) is 3.27. The van der Waals surface area contributed by atoms with E-state index < -0.39 is 23.2 Å². The molecule has 2 N–H and O–H groups in total. The molecule has 1 aliphatic carbocycles. The fraction of sp³-hybridized carbons (Fsp3) is 0.448. The monoisotopic (exact) mass is 505 g/mol. The molecule has 0 bridgehead atoms. The van der Waals surface area contributed by atoms with Crippen LogP contribution in [0.25, 0.3) is 10.9 Å². The van der Waals surface area contributed by atoms with E-state index in [4.69, 9.17) is 4.74 Å². The molecular formula is C29H32FN3O4. The van der Waals surface area contributed by atoms with E-state index in [9.17, 15) is 19.1 Å². The highest BCUT2D eigenvalue weighted by Crippen LogP contribution is 2.49. The number of nitrogens with one attached hydrogen (secondary N) is 1. The fourth-order valence-electron chi connectivity index (χ4n) is 6.49. The first-order chi connectivity index (χ1) is 18.0. The smallest absolute Gasteiger partial charge is 0.257 e. The van der Waals surface area contributed by atoms with Gasteiger partial charge in [-0.15, -0.1) is 0 Å². The number of aromatic amines is 1. The van der Waals surface area contributed by atoms with Gasteiger partial charge in [-0.05, 0) is 55.5 Å². The van der Waals surface area contributed by atoms with Crippen molar-refractivity contribution in [2.45, 2.75) is 43.6 Å². The molecule has 37 heavy (non-hydrogen) atoms. The van der Waals surface area contributed by atoms with Crippen LogP contribution in [0, 0.1) is 11.7 Å². The summed E-state index contributed by atoms with van der Waals surface area (Å²) >= 11 is 0. The molecule has 0 radical (unpaired) electrons. The van der Waals surface area contributed by atoms with Crippen molar-refractivity contribution < 1.29 is 23.8 Å².